The summed E-state index contributed by atoms with van der Waals surface area (Å²) in [7, 11) is 0. The lowest BCUT2D eigenvalue weighted by Crippen LogP contribution is -2.14. The predicted molar refractivity (Wildman–Crippen MR) is 94.8 cm³/mol. The minimum absolute atomic E-state index is 0.128. The van der Waals surface area contributed by atoms with Gasteiger partial charge in [0.15, 0.2) is 5.58 Å². The van der Waals surface area contributed by atoms with Crippen molar-refractivity contribution < 1.29 is 9.21 Å². The number of rotatable bonds is 4. The molecule has 2 aromatic carbocycles. The number of oxazole rings is 1. The summed E-state index contributed by atoms with van der Waals surface area (Å²) in [5.74, 6) is -0.108. The lowest BCUT2D eigenvalue weighted by Gasteiger charge is -2.06. The zero-order valence-corrected chi connectivity index (χ0v) is 14.6. The van der Waals surface area contributed by atoms with Gasteiger partial charge in [-0.2, -0.15) is 0 Å². The lowest BCUT2D eigenvalue weighted by atomic mass is 10.3. The van der Waals surface area contributed by atoms with Crippen LogP contribution in [0.15, 0.2) is 46.0 Å². The van der Waals surface area contributed by atoms with Crippen LogP contribution in [0.2, 0.25) is 15.1 Å². The molecule has 3 rings (SSSR count). The molecular weight excluding hydrogens is 379 g/mol. The molecule has 1 amide bonds. The third kappa shape index (κ3) is 4.12. The van der Waals surface area contributed by atoms with Crippen LogP contribution < -0.4 is 5.32 Å². The average molecular weight is 388 g/mol. The summed E-state index contributed by atoms with van der Waals surface area (Å²) in [4.78, 5) is 16.3. The Labute approximate surface area is 151 Å². The highest BCUT2D eigenvalue weighted by Crippen LogP contribution is 2.27. The van der Waals surface area contributed by atoms with Crippen LogP contribution in [-0.4, -0.2) is 16.6 Å². The number of nitrogens with zero attached hydrogens (tertiary/aromatic N) is 1. The number of carbonyl (C=O) groups excluding carboxylic acids is 1. The maximum atomic E-state index is 12.0. The normalized spacial score (nSPS) is 10.9. The van der Waals surface area contributed by atoms with Crippen molar-refractivity contribution in [3.05, 3.63) is 51.5 Å². The molecule has 0 aliphatic carbocycles. The second-order valence-corrected chi connectivity index (χ2v) is 6.76. The topological polar surface area (TPSA) is 55.1 Å². The van der Waals surface area contributed by atoms with E-state index in [4.69, 9.17) is 39.2 Å². The first-order chi connectivity index (χ1) is 11.0. The monoisotopic (exact) mass is 386 g/mol. The van der Waals surface area contributed by atoms with E-state index in [9.17, 15) is 4.79 Å². The van der Waals surface area contributed by atoms with Gasteiger partial charge in [0, 0.05) is 10.0 Å². The highest BCUT2D eigenvalue weighted by Gasteiger charge is 2.11. The number of hydrogen-bond donors (Lipinski definition) is 1. The fourth-order valence-corrected chi connectivity index (χ4v) is 2.99. The zero-order valence-electron chi connectivity index (χ0n) is 11.5. The van der Waals surface area contributed by atoms with Gasteiger partial charge in [-0.15, -0.1) is 0 Å². The second kappa shape index (κ2) is 7.01. The molecule has 1 heterocycles. The quantitative estimate of drug-likeness (QED) is 0.599. The van der Waals surface area contributed by atoms with E-state index in [0.29, 0.717) is 37.1 Å². The molecule has 0 saturated carbocycles. The van der Waals surface area contributed by atoms with Crippen LogP contribution in [0.1, 0.15) is 0 Å². The van der Waals surface area contributed by atoms with Gasteiger partial charge in [-0.3, -0.25) is 4.79 Å². The van der Waals surface area contributed by atoms with E-state index in [2.05, 4.69) is 10.3 Å². The minimum Gasteiger partial charge on any atom is -0.431 e. The first kappa shape index (κ1) is 16.5. The number of aromatic nitrogens is 1. The molecule has 0 saturated heterocycles. The van der Waals surface area contributed by atoms with Crippen LogP contribution in [0.25, 0.3) is 11.1 Å². The second-order valence-electron chi connectivity index (χ2n) is 4.55. The number of thioether (sulfide) groups is 1. The van der Waals surface area contributed by atoms with Gasteiger partial charge in [-0.05, 0) is 36.4 Å². The maximum Gasteiger partial charge on any atom is 0.257 e. The van der Waals surface area contributed by atoms with E-state index in [1.165, 1.54) is 11.8 Å². The SMILES string of the molecule is O=C(CSc1nc2cc(Cl)ccc2o1)Nc1cc(Cl)ccc1Cl. The van der Waals surface area contributed by atoms with E-state index >= 15 is 0 Å². The Bertz CT molecular complexity index is 882. The zero-order chi connectivity index (χ0) is 16.4. The molecule has 0 radical (unpaired) electrons. The van der Waals surface area contributed by atoms with Crippen LogP contribution in [0.4, 0.5) is 5.69 Å². The van der Waals surface area contributed by atoms with Gasteiger partial charge in [0.2, 0.25) is 5.91 Å². The van der Waals surface area contributed by atoms with Crippen molar-refractivity contribution in [2.24, 2.45) is 0 Å². The number of hydrogen-bond acceptors (Lipinski definition) is 4. The summed E-state index contributed by atoms with van der Waals surface area (Å²) >= 11 is 19.0. The highest BCUT2D eigenvalue weighted by atomic mass is 35.5. The van der Waals surface area contributed by atoms with E-state index < -0.39 is 0 Å². The molecule has 4 nitrogen and oxygen atoms in total. The van der Waals surface area contributed by atoms with Gasteiger partial charge in [-0.25, -0.2) is 4.98 Å². The third-order valence-corrected chi connectivity index (χ3v) is 4.49. The molecule has 0 aliphatic heterocycles. The molecular formula is C15H9Cl3N2O2S. The standard InChI is InChI=1S/C15H9Cl3N2O2S/c16-8-1-3-10(18)11(5-8)19-14(21)7-23-15-20-12-6-9(17)2-4-13(12)22-15/h1-6H,7H2,(H,19,21). The fraction of sp³-hybridized carbons (Fsp3) is 0.0667. The Kier molecular flexibility index (Phi) is 5.02. The highest BCUT2D eigenvalue weighted by molar-refractivity contribution is 7.99. The van der Waals surface area contributed by atoms with Crippen LogP contribution in [-0.2, 0) is 4.79 Å². The van der Waals surface area contributed by atoms with Crippen molar-refractivity contribution in [3.63, 3.8) is 0 Å². The molecule has 0 unspecified atom stereocenters. The number of halogens is 3. The number of carbonyl (C=O) groups is 1. The van der Waals surface area contributed by atoms with E-state index in [1.807, 2.05) is 0 Å². The molecule has 0 aliphatic rings. The smallest absolute Gasteiger partial charge is 0.257 e. The van der Waals surface area contributed by atoms with Crippen molar-refractivity contribution in [3.8, 4) is 0 Å². The Morgan fingerprint density at radius 1 is 1.13 bits per heavy atom. The molecule has 118 valence electrons. The van der Waals surface area contributed by atoms with Crippen molar-refractivity contribution in [1.29, 1.82) is 0 Å². The maximum absolute atomic E-state index is 12.0. The van der Waals surface area contributed by atoms with Gasteiger partial charge in [0.05, 0.1) is 16.5 Å². The Morgan fingerprint density at radius 2 is 1.87 bits per heavy atom. The van der Waals surface area contributed by atoms with Crippen molar-refractivity contribution in [2.75, 3.05) is 11.1 Å². The number of nitrogens with one attached hydrogen (secondary N) is 1. The van der Waals surface area contributed by atoms with E-state index in [0.717, 1.165) is 0 Å². The Balaban J connectivity index is 1.64. The molecule has 8 heteroatoms. The largest absolute Gasteiger partial charge is 0.431 e. The molecule has 0 fully saturated rings. The van der Waals surface area contributed by atoms with Crippen LogP contribution in [0.3, 0.4) is 0 Å². The Morgan fingerprint density at radius 3 is 2.70 bits per heavy atom. The van der Waals surface area contributed by atoms with Gasteiger partial charge in [-0.1, -0.05) is 46.6 Å². The molecule has 0 bridgehead atoms. The minimum atomic E-state index is -0.237. The molecule has 3 aromatic rings. The van der Waals surface area contributed by atoms with Gasteiger partial charge in [0.25, 0.3) is 5.22 Å². The van der Waals surface area contributed by atoms with Crippen molar-refractivity contribution >= 4 is 69.3 Å². The summed E-state index contributed by atoms with van der Waals surface area (Å²) in [5, 5.41) is 4.59. The number of fused-ring (bicyclic) bond motifs is 1. The van der Waals surface area contributed by atoms with Crippen molar-refractivity contribution in [2.45, 2.75) is 5.22 Å². The molecule has 0 atom stereocenters. The summed E-state index contributed by atoms with van der Waals surface area (Å²) in [6.07, 6.45) is 0. The van der Waals surface area contributed by atoms with Gasteiger partial charge < -0.3 is 9.73 Å². The van der Waals surface area contributed by atoms with Gasteiger partial charge in [0.1, 0.15) is 5.52 Å². The van der Waals surface area contributed by atoms with Crippen LogP contribution >= 0.6 is 46.6 Å². The summed E-state index contributed by atoms with van der Waals surface area (Å²) in [6.45, 7) is 0. The predicted octanol–water partition coefficient (Wildman–Crippen LogP) is 5.52. The summed E-state index contributed by atoms with van der Waals surface area (Å²) < 4.78 is 5.53. The molecule has 0 spiro atoms. The van der Waals surface area contributed by atoms with Gasteiger partial charge >= 0.3 is 0 Å². The third-order valence-electron chi connectivity index (χ3n) is 2.86. The summed E-state index contributed by atoms with van der Waals surface area (Å²) in [6, 6.07) is 10.0. The first-order valence-electron chi connectivity index (χ1n) is 6.45. The first-order valence-corrected chi connectivity index (χ1v) is 8.57. The van der Waals surface area contributed by atoms with Crippen LogP contribution in [0, 0.1) is 0 Å². The average Bonchev–Trinajstić information content (AvgIpc) is 2.91. The number of amides is 1. The molecule has 1 N–H and O–H groups in total. The summed E-state index contributed by atoms with van der Waals surface area (Å²) in [5.41, 5.74) is 1.74. The van der Waals surface area contributed by atoms with E-state index in [-0.39, 0.29) is 11.7 Å². The fourth-order valence-electron chi connectivity index (χ4n) is 1.85. The Hall–Kier alpha value is -1.40. The van der Waals surface area contributed by atoms with Crippen LogP contribution in [0.5, 0.6) is 0 Å². The molecule has 23 heavy (non-hydrogen) atoms. The van der Waals surface area contributed by atoms with E-state index in [1.54, 1.807) is 36.4 Å². The number of benzene rings is 2. The molecule has 1 aromatic heterocycles. The van der Waals surface area contributed by atoms with Crippen molar-refractivity contribution in [1.82, 2.24) is 4.98 Å². The number of anilines is 1. The lowest BCUT2D eigenvalue weighted by molar-refractivity contribution is -0.113.